The van der Waals surface area contributed by atoms with E-state index in [1.807, 2.05) is 6.92 Å². The molecule has 0 bridgehead atoms. The maximum Gasteiger partial charge on any atom is 0.242 e. The van der Waals surface area contributed by atoms with Crippen molar-refractivity contribution < 1.29 is 8.42 Å². The van der Waals surface area contributed by atoms with Crippen molar-refractivity contribution >= 4 is 44.6 Å². The van der Waals surface area contributed by atoms with Gasteiger partial charge >= 0.3 is 0 Å². The first-order valence-electron chi connectivity index (χ1n) is 7.00. The topological polar surface area (TPSA) is 61.8 Å². The molecule has 0 spiro atoms. The summed E-state index contributed by atoms with van der Waals surface area (Å²) in [6.45, 7) is 1.82. The Labute approximate surface area is 151 Å². The Hall–Kier alpha value is -1.60. The molecule has 0 aliphatic heterocycles. The van der Waals surface area contributed by atoms with Crippen LogP contribution >= 0.6 is 23.2 Å². The average molecular weight is 386 g/mol. The van der Waals surface area contributed by atoms with Gasteiger partial charge in [-0.15, -0.1) is 0 Å². The normalized spacial score (nSPS) is 12.5. The van der Waals surface area contributed by atoms with E-state index in [1.165, 1.54) is 18.4 Å². The third kappa shape index (κ3) is 4.27. The van der Waals surface area contributed by atoms with E-state index in [9.17, 15) is 8.42 Å². The summed E-state index contributed by atoms with van der Waals surface area (Å²) < 4.78 is 25.3. The standard InChI is InChI=1S/C16H17Cl2N3O2S/c1-11(19-20-13-6-9-15(17)16(18)10-13)12-4-7-14(8-5-12)24(22,23)21(2)3/h4-10,20H,1-3H3/b19-11-. The first-order valence-corrected chi connectivity index (χ1v) is 9.20. The number of nitrogens with zero attached hydrogens (tertiary/aromatic N) is 2. The number of hydrogen-bond acceptors (Lipinski definition) is 4. The zero-order chi connectivity index (χ0) is 17.9. The summed E-state index contributed by atoms with van der Waals surface area (Å²) in [6, 6.07) is 11.7. The smallest absolute Gasteiger partial charge is 0.242 e. The molecule has 2 aromatic carbocycles. The van der Waals surface area contributed by atoms with Crippen molar-refractivity contribution in [2.45, 2.75) is 11.8 Å². The monoisotopic (exact) mass is 385 g/mol. The number of benzene rings is 2. The Balaban J connectivity index is 2.17. The molecule has 0 fully saturated rings. The average Bonchev–Trinajstić information content (AvgIpc) is 2.55. The molecule has 0 unspecified atom stereocenters. The highest BCUT2D eigenvalue weighted by atomic mass is 35.5. The van der Waals surface area contributed by atoms with Gasteiger partial charge in [0.2, 0.25) is 10.0 Å². The molecule has 0 aliphatic rings. The van der Waals surface area contributed by atoms with Gasteiger partial charge in [0.25, 0.3) is 0 Å². The van der Waals surface area contributed by atoms with Gasteiger partial charge < -0.3 is 0 Å². The molecule has 0 aliphatic carbocycles. The minimum absolute atomic E-state index is 0.237. The molecule has 0 aromatic heterocycles. The van der Waals surface area contributed by atoms with Crippen molar-refractivity contribution in [3.8, 4) is 0 Å². The summed E-state index contributed by atoms with van der Waals surface area (Å²) in [6.07, 6.45) is 0. The lowest BCUT2D eigenvalue weighted by atomic mass is 10.1. The van der Waals surface area contributed by atoms with Gasteiger partial charge in [0.15, 0.2) is 0 Å². The lowest BCUT2D eigenvalue weighted by molar-refractivity contribution is 0.521. The molecule has 2 aromatic rings. The zero-order valence-electron chi connectivity index (χ0n) is 13.4. The predicted octanol–water partition coefficient (Wildman–Crippen LogP) is 4.08. The number of hydrazone groups is 1. The Kier molecular flexibility index (Phi) is 5.87. The van der Waals surface area contributed by atoms with Crippen LogP contribution < -0.4 is 5.43 Å². The van der Waals surface area contributed by atoms with Crippen LogP contribution in [0.2, 0.25) is 10.0 Å². The Morgan fingerprint density at radius 3 is 2.21 bits per heavy atom. The quantitative estimate of drug-likeness (QED) is 0.622. The van der Waals surface area contributed by atoms with Crippen molar-refractivity contribution in [2.24, 2.45) is 5.10 Å². The molecule has 8 heteroatoms. The minimum Gasteiger partial charge on any atom is -0.278 e. The van der Waals surface area contributed by atoms with Crippen LogP contribution in [-0.4, -0.2) is 32.5 Å². The zero-order valence-corrected chi connectivity index (χ0v) is 15.7. The highest BCUT2D eigenvalue weighted by molar-refractivity contribution is 7.89. The Bertz CT molecular complexity index is 863. The van der Waals surface area contributed by atoms with Crippen molar-refractivity contribution in [1.82, 2.24) is 4.31 Å². The van der Waals surface area contributed by atoms with Crippen LogP contribution in [0.4, 0.5) is 5.69 Å². The second-order valence-electron chi connectivity index (χ2n) is 5.25. The molecule has 128 valence electrons. The van der Waals surface area contributed by atoms with Crippen LogP contribution in [0.3, 0.4) is 0 Å². The Morgan fingerprint density at radius 1 is 1.04 bits per heavy atom. The van der Waals surface area contributed by atoms with Crippen molar-refractivity contribution in [1.29, 1.82) is 0 Å². The van der Waals surface area contributed by atoms with Gasteiger partial charge in [0.1, 0.15) is 0 Å². The van der Waals surface area contributed by atoms with Crippen molar-refractivity contribution in [2.75, 3.05) is 19.5 Å². The lowest BCUT2D eigenvalue weighted by Crippen LogP contribution is -2.22. The van der Waals surface area contributed by atoms with Crippen LogP contribution in [0.25, 0.3) is 0 Å². The molecule has 2 rings (SSSR count). The highest BCUT2D eigenvalue weighted by Gasteiger charge is 2.16. The summed E-state index contributed by atoms with van der Waals surface area (Å²) in [5, 5.41) is 5.18. The number of nitrogens with one attached hydrogen (secondary N) is 1. The van der Waals surface area contributed by atoms with Gasteiger partial charge in [-0.2, -0.15) is 5.10 Å². The molecular formula is C16H17Cl2N3O2S. The highest BCUT2D eigenvalue weighted by Crippen LogP contribution is 2.25. The van der Waals surface area contributed by atoms with Crippen LogP contribution in [0.1, 0.15) is 12.5 Å². The molecule has 1 N–H and O–H groups in total. The first kappa shape index (κ1) is 18.7. The molecule has 0 radical (unpaired) electrons. The Morgan fingerprint density at radius 2 is 1.67 bits per heavy atom. The molecule has 0 atom stereocenters. The number of anilines is 1. The summed E-state index contributed by atoms with van der Waals surface area (Å²) in [5.74, 6) is 0. The first-order chi connectivity index (χ1) is 11.2. The fourth-order valence-electron chi connectivity index (χ4n) is 1.86. The molecule has 5 nitrogen and oxygen atoms in total. The minimum atomic E-state index is -3.43. The van der Waals surface area contributed by atoms with E-state index in [2.05, 4.69) is 10.5 Å². The second kappa shape index (κ2) is 7.53. The van der Waals surface area contributed by atoms with Gasteiger partial charge in [-0.05, 0) is 42.8 Å². The van der Waals surface area contributed by atoms with E-state index in [4.69, 9.17) is 23.2 Å². The molecule has 0 amide bonds. The van der Waals surface area contributed by atoms with Crippen molar-refractivity contribution in [3.05, 3.63) is 58.1 Å². The molecular weight excluding hydrogens is 369 g/mol. The van der Waals surface area contributed by atoms with E-state index >= 15 is 0 Å². The van der Waals surface area contributed by atoms with Crippen LogP contribution in [0.15, 0.2) is 52.5 Å². The number of halogens is 2. The maximum absolute atomic E-state index is 12.0. The molecule has 0 saturated heterocycles. The summed E-state index contributed by atoms with van der Waals surface area (Å²) in [7, 11) is -0.439. The van der Waals surface area contributed by atoms with Crippen molar-refractivity contribution in [3.63, 3.8) is 0 Å². The summed E-state index contributed by atoms with van der Waals surface area (Å²) >= 11 is 11.8. The van der Waals surface area contributed by atoms with Gasteiger partial charge in [-0.3, -0.25) is 5.43 Å². The predicted molar refractivity (Wildman–Crippen MR) is 99.6 cm³/mol. The number of hydrogen-bond donors (Lipinski definition) is 1. The summed E-state index contributed by atoms with van der Waals surface area (Å²) in [4.78, 5) is 0.237. The van der Waals surface area contributed by atoms with E-state index in [-0.39, 0.29) is 4.90 Å². The van der Waals surface area contributed by atoms with Gasteiger partial charge in [0.05, 0.1) is 26.3 Å². The van der Waals surface area contributed by atoms with Gasteiger partial charge in [-0.25, -0.2) is 12.7 Å². The number of sulfonamides is 1. The van der Waals surface area contributed by atoms with E-state index in [0.717, 1.165) is 5.56 Å². The SMILES string of the molecule is C/C(=N/Nc1ccc(Cl)c(Cl)c1)c1ccc(S(=O)(=O)N(C)C)cc1. The van der Waals surface area contributed by atoms with Crippen LogP contribution in [0, 0.1) is 0 Å². The number of rotatable bonds is 5. The van der Waals surface area contributed by atoms with Crippen LogP contribution in [0.5, 0.6) is 0 Å². The van der Waals surface area contributed by atoms with Gasteiger partial charge in [0, 0.05) is 14.1 Å². The molecule has 0 saturated carbocycles. The van der Waals surface area contributed by atoms with E-state index < -0.39 is 10.0 Å². The molecule has 0 heterocycles. The second-order valence-corrected chi connectivity index (χ2v) is 8.22. The van der Waals surface area contributed by atoms with E-state index in [0.29, 0.717) is 21.4 Å². The van der Waals surface area contributed by atoms with Crippen LogP contribution in [-0.2, 0) is 10.0 Å². The largest absolute Gasteiger partial charge is 0.278 e. The fourth-order valence-corrected chi connectivity index (χ4v) is 3.06. The van der Waals surface area contributed by atoms with E-state index in [1.54, 1.807) is 42.5 Å². The maximum atomic E-state index is 12.0. The van der Waals surface area contributed by atoms with Gasteiger partial charge in [-0.1, -0.05) is 35.3 Å². The third-order valence-corrected chi connectivity index (χ3v) is 5.89. The fraction of sp³-hybridized carbons (Fsp3) is 0.188. The molecule has 24 heavy (non-hydrogen) atoms. The summed E-state index contributed by atoms with van der Waals surface area (Å²) in [5.41, 5.74) is 5.11. The third-order valence-electron chi connectivity index (χ3n) is 3.32. The lowest BCUT2D eigenvalue weighted by Gasteiger charge is -2.11.